The molecule has 2 atom stereocenters. The van der Waals surface area contributed by atoms with E-state index in [0.29, 0.717) is 27.2 Å². The molecular weight excluding hydrogens is 683 g/mol. The first-order valence-corrected chi connectivity index (χ1v) is 18.6. The number of hydrogen-bond acceptors (Lipinski definition) is 7. The largest absolute Gasteiger partial charge is 0.462 e. The lowest BCUT2D eigenvalue weighted by Crippen LogP contribution is -2.21. The van der Waals surface area contributed by atoms with Crippen LogP contribution in [0.15, 0.2) is 114 Å². The molecule has 2 unspecified atom stereocenters. The van der Waals surface area contributed by atoms with Crippen molar-refractivity contribution in [2.24, 2.45) is 0 Å². The Balaban J connectivity index is 1.22. The summed E-state index contributed by atoms with van der Waals surface area (Å²) in [5.74, 6) is -0.278. The lowest BCUT2D eigenvalue weighted by atomic mass is 9.83. The quantitative estimate of drug-likeness (QED) is 0.0538. The average molecular weight is 720 g/mol. The lowest BCUT2D eigenvalue weighted by Gasteiger charge is -2.23. The van der Waals surface area contributed by atoms with Crippen LogP contribution < -0.4 is 16.0 Å². The molecular formula is C40H37N3O4S3. The molecule has 0 saturated carbocycles. The zero-order valence-electron chi connectivity index (χ0n) is 27.7. The van der Waals surface area contributed by atoms with Crippen LogP contribution in [0.5, 0.6) is 0 Å². The fourth-order valence-electron chi connectivity index (χ4n) is 6.05. The molecule has 0 radical (unpaired) electrons. The summed E-state index contributed by atoms with van der Waals surface area (Å²) in [4.78, 5) is 41.2. The molecule has 10 heteroatoms. The van der Waals surface area contributed by atoms with Crippen LogP contribution in [0.3, 0.4) is 0 Å². The summed E-state index contributed by atoms with van der Waals surface area (Å²) >= 11 is 8.45. The Morgan fingerprint density at radius 1 is 0.880 bits per heavy atom. The number of anilines is 3. The van der Waals surface area contributed by atoms with E-state index in [2.05, 4.69) is 40.2 Å². The van der Waals surface area contributed by atoms with Crippen LogP contribution in [0.1, 0.15) is 73.7 Å². The van der Waals surface area contributed by atoms with Crippen molar-refractivity contribution in [3.05, 3.63) is 142 Å². The van der Waals surface area contributed by atoms with Gasteiger partial charge in [0.1, 0.15) is 10.3 Å². The SMILES string of the molecule is CCOC(=O)c1c(NC(=O)C(Sc2cccc(NC(=S)Nc3ccc(C(C)=O)cc3)c2)c2ccccc2)sc2c1CCC(c1ccccc1)C2. The number of amides is 1. The Labute approximate surface area is 305 Å². The minimum Gasteiger partial charge on any atom is -0.462 e. The van der Waals surface area contributed by atoms with Gasteiger partial charge in [0.05, 0.1) is 12.2 Å². The molecule has 50 heavy (non-hydrogen) atoms. The molecule has 0 spiro atoms. The van der Waals surface area contributed by atoms with Gasteiger partial charge in [0.15, 0.2) is 10.9 Å². The number of thiophene rings is 1. The molecule has 1 aliphatic carbocycles. The fourth-order valence-corrected chi connectivity index (χ4v) is 8.68. The normalized spacial score (nSPS) is 14.2. The molecule has 0 saturated heterocycles. The van der Waals surface area contributed by atoms with Gasteiger partial charge in [0.25, 0.3) is 0 Å². The Bertz CT molecular complexity index is 2000. The number of fused-ring (bicyclic) bond motifs is 1. The van der Waals surface area contributed by atoms with Crippen LogP contribution in [0.4, 0.5) is 16.4 Å². The number of ether oxygens (including phenoxy) is 1. The van der Waals surface area contributed by atoms with Gasteiger partial charge in [-0.25, -0.2) is 4.79 Å². The highest BCUT2D eigenvalue weighted by molar-refractivity contribution is 8.00. The number of thioether (sulfide) groups is 1. The van der Waals surface area contributed by atoms with E-state index in [9.17, 15) is 14.4 Å². The number of ketones is 1. The molecule has 4 aromatic carbocycles. The summed E-state index contributed by atoms with van der Waals surface area (Å²) in [5, 5.41) is 9.84. The molecule has 1 aliphatic rings. The van der Waals surface area contributed by atoms with Crippen LogP contribution in [0, 0.1) is 0 Å². The Morgan fingerprint density at radius 2 is 1.58 bits per heavy atom. The predicted molar refractivity (Wildman–Crippen MR) is 208 cm³/mol. The predicted octanol–water partition coefficient (Wildman–Crippen LogP) is 9.68. The number of carbonyl (C=O) groups excluding carboxylic acids is 3. The van der Waals surface area contributed by atoms with Crippen molar-refractivity contribution in [3.8, 4) is 0 Å². The van der Waals surface area contributed by atoms with E-state index in [4.69, 9.17) is 17.0 Å². The van der Waals surface area contributed by atoms with Crippen LogP contribution in [-0.2, 0) is 22.4 Å². The molecule has 5 aromatic rings. The van der Waals surface area contributed by atoms with E-state index in [1.807, 2.05) is 60.7 Å². The maximum atomic E-state index is 14.2. The third-order valence-corrected chi connectivity index (χ3v) is 11.1. The molecule has 254 valence electrons. The first-order valence-electron chi connectivity index (χ1n) is 16.5. The first kappa shape index (κ1) is 35.1. The van der Waals surface area contributed by atoms with Gasteiger partial charge in [-0.15, -0.1) is 23.1 Å². The van der Waals surface area contributed by atoms with Gasteiger partial charge in [0.2, 0.25) is 5.91 Å². The molecule has 1 aromatic heterocycles. The lowest BCUT2D eigenvalue weighted by molar-refractivity contribution is -0.115. The van der Waals surface area contributed by atoms with Crippen LogP contribution >= 0.6 is 35.3 Å². The summed E-state index contributed by atoms with van der Waals surface area (Å²) in [6.45, 7) is 3.57. The maximum absolute atomic E-state index is 14.2. The van der Waals surface area contributed by atoms with Crippen molar-refractivity contribution in [2.75, 3.05) is 22.6 Å². The van der Waals surface area contributed by atoms with Gasteiger partial charge in [-0.05, 0) is 110 Å². The molecule has 6 rings (SSSR count). The van der Waals surface area contributed by atoms with E-state index in [-0.39, 0.29) is 18.3 Å². The topological polar surface area (TPSA) is 96.5 Å². The Hall–Kier alpha value is -4.77. The number of rotatable bonds is 11. The van der Waals surface area contributed by atoms with Crippen LogP contribution in [0.2, 0.25) is 0 Å². The Morgan fingerprint density at radius 3 is 2.28 bits per heavy atom. The minimum absolute atomic E-state index is 0.0000201. The number of carbonyl (C=O) groups is 3. The van der Waals surface area contributed by atoms with Gasteiger partial charge in [0, 0.05) is 26.7 Å². The van der Waals surface area contributed by atoms with Gasteiger partial charge >= 0.3 is 5.97 Å². The van der Waals surface area contributed by atoms with Crippen molar-refractivity contribution in [2.45, 2.75) is 49.2 Å². The van der Waals surface area contributed by atoms with Crippen molar-refractivity contribution in [3.63, 3.8) is 0 Å². The molecule has 3 N–H and O–H groups in total. The molecule has 0 bridgehead atoms. The second-order valence-corrected chi connectivity index (χ2v) is 14.6. The van der Waals surface area contributed by atoms with Crippen LogP contribution in [0.25, 0.3) is 0 Å². The van der Waals surface area contributed by atoms with Gasteiger partial charge in [-0.3, -0.25) is 9.59 Å². The third kappa shape index (κ3) is 8.50. The molecule has 7 nitrogen and oxygen atoms in total. The summed E-state index contributed by atoms with van der Waals surface area (Å²) < 4.78 is 5.50. The standard InChI is InChI=1S/C40H37N3O4S3/c1-3-47-39(46)35-33-22-19-29(27-11-6-4-7-12-27)23-34(33)50-38(35)43-37(45)36(28-13-8-5-9-14-28)49-32-16-10-15-31(24-32)42-40(48)41-30-20-17-26(18-21-30)25(2)44/h4-18,20-21,24,29,36H,3,19,22-23H2,1-2H3,(H,43,45)(H2,41,42,48). The number of hydrogen-bond donors (Lipinski definition) is 3. The summed E-state index contributed by atoms with van der Waals surface area (Å²) in [6, 6.07) is 34.9. The molecule has 1 amide bonds. The third-order valence-electron chi connectivity index (χ3n) is 8.49. The Kier molecular flexibility index (Phi) is 11.4. The van der Waals surface area contributed by atoms with E-state index < -0.39 is 11.2 Å². The highest BCUT2D eigenvalue weighted by Gasteiger charge is 2.32. The van der Waals surface area contributed by atoms with E-state index >= 15 is 0 Å². The van der Waals surface area contributed by atoms with Crippen molar-refractivity contribution < 1.29 is 19.1 Å². The van der Waals surface area contributed by atoms with Crippen molar-refractivity contribution in [1.82, 2.24) is 0 Å². The van der Waals surface area contributed by atoms with E-state index in [0.717, 1.165) is 51.5 Å². The minimum atomic E-state index is -0.609. The highest BCUT2D eigenvalue weighted by atomic mass is 32.2. The van der Waals surface area contributed by atoms with Crippen molar-refractivity contribution >= 4 is 74.5 Å². The number of benzene rings is 4. The van der Waals surface area contributed by atoms with Gasteiger partial charge in [-0.2, -0.15) is 0 Å². The molecule has 0 fully saturated rings. The van der Waals surface area contributed by atoms with Crippen LogP contribution in [-0.4, -0.2) is 29.4 Å². The smallest absolute Gasteiger partial charge is 0.341 e. The van der Waals surface area contributed by atoms with Gasteiger partial charge in [-0.1, -0.05) is 66.7 Å². The number of Topliss-reactive ketones (excluding diaryl/α,β-unsaturated/α-hetero) is 1. The van der Waals surface area contributed by atoms with Gasteiger partial charge < -0.3 is 20.7 Å². The zero-order chi connectivity index (χ0) is 35.0. The molecule has 0 aliphatic heterocycles. The number of thiocarbonyl (C=S) groups is 1. The van der Waals surface area contributed by atoms with E-state index in [1.54, 1.807) is 31.2 Å². The molecule has 1 heterocycles. The second kappa shape index (κ2) is 16.3. The monoisotopic (exact) mass is 719 g/mol. The first-order chi connectivity index (χ1) is 24.3. The summed E-state index contributed by atoms with van der Waals surface area (Å²) in [5.41, 5.74) is 5.72. The highest BCUT2D eigenvalue weighted by Crippen LogP contribution is 2.44. The fraction of sp³-hybridized carbons (Fsp3) is 0.200. The summed E-state index contributed by atoms with van der Waals surface area (Å²) in [6.07, 6.45) is 2.47. The maximum Gasteiger partial charge on any atom is 0.341 e. The van der Waals surface area contributed by atoms with E-state index in [1.165, 1.54) is 35.6 Å². The summed E-state index contributed by atoms with van der Waals surface area (Å²) in [7, 11) is 0. The second-order valence-electron chi connectivity index (χ2n) is 11.9. The van der Waals surface area contributed by atoms with Crippen molar-refractivity contribution in [1.29, 1.82) is 0 Å². The average Bonchev–Trinajstić information content (AvgIpc) is 3.48. The zero-order valence-corrected chi connectivity index (χ0v) is 30.2. The number of nitrogens with one attached hydrogen (secondary N) is 3. The number of esters is 1.